The third kappa shape index (κ3) is 4.90. The van der Waals surface area contributed by atoms with Gasteiger partial charge in [0.05, 0.1) is 31.0 Å². The van der Waals surface area contributed by atoms with Crippen LogP contribution in [0, 0.1) is 11.3 Å². The van der Waals surface area contributed by atoms with Gasteiger partial charge in [0.15, 0.2) is 16.7 Å². The van der Waals surface area contributed by atoms with Crippen LogP contribution in [-0.4, -0.2) is 29.8 Å². The Balaban J connectivity index is 1.78. The summed E-state index contributed by atoms with van der Waals surface area (Å²) >= 11 is 1.20. The van der Waals surface area contributed by atoms with E-state index in [1.165, 1.54) is 11.8 Å². The van der Waals surface area contributed by atoms with E-state index in [0.717, 1.165) is 17.5 Å². The molecule has 2 aromatic carbocycles. The van der Waals surface area contributed by atoms with Crippen molar-refractivity contribution in [2.24, 2.45) is 10.7 Å². The highest BCUT2D eigenvalue weighted by Gasteiger charge is 2.43. The van der Waals surface area contributed by atoms with Gasteiger partial charge in [0.1, 0.15) is 23.4 Å². The van der Waals surface area contributed by atoms with Gasteiger partial charge in [-0.15, -0.1) is 0 Å². The molecule has 0 unspecified atom stereocenters. The first kappa shape index (κ1) is 25.2. The number of rotatable bonds is 9. The molecule has 2 aliphatic heterocycles. The number of hydrogen-bond donors (Lipinski definition) is 1. The van der Waals surface area contributed by atoms with Gasteiger partial charge in [0.2, 0.25) is 0 Å². The predicted molar refractivity (Wildman–Crippen MR) is 139 cm³/mol. The van der Waals surface area contributed by atoms with Crippen LogP contribution in [0.2, 0.25) is 0 Å². The third-order valence-corrected chi connectivity index (χ3v) is 6.76. The highest BCUT2D eigenvalue weighted by Crippen LogP contribution is 2.47. The zero-order chi connectivity index (χ0) is 25.7. The van der Waals surface area contributed by atoms with E-state index < -0.39 is 12.0 Å². The summed E-state index contributed by atoms with van der Waals surface area (Å²) in [6, 6.07) is 16.9. The van der Waals surface area contributed by atoms with Crippen LogP contribution >= 0.6 is 11.8 Å². The average Bonchev–Trinajstić information content (AvgIpc) is 3.22. The van der Waals surface area contributed by atoms with E-state index in [2.05, 4.69) is 6.07 Å². The van der Waals surface area contributed by atoms with Crippen molar-refractivity contribution in [3.8, 4) is 17.6 Å². The Morgan fingerprint density at radius 3 is 2.64 bits per heavy atom. The number of hydrogen-bond acceptors (Lipinski definition) is 9. The number of amidine groups is 1. The number of carbonyl (C=O) groups excluding carboxylic acids is 1. The van der Waals surface area contributed by atoms with Crippen LogP contribution < -0.4 is 15.2 Å². The minimum absolute atomic E-state index is 0.226. The summed E-state index contributed by atoms with van der Waals surface area (Å²) in [6.45, 7) is 4.40. The standard InChI is InChI=1S/C27H28N4O4S/c1-4-9-19-23(26(32)34-5-2)24(31-25(29)22(15-28)36-27(31)30-19)18-12-13-20(21(14-18)33-3)35-16-17-10-7-6-8-11-17/h6-8,10-14,24H,4-5,9,16,29H2,1-3H3/t24-/m0/s1. The van der Waals surface area contributed by atoms with E-state index in [0.29, 0.717) is 45.9 Å². The zero-order valence-electron chi connectivity index (χ0n) is 20.5. The number of fused-ring (bicyclic) bond motifs is 1. The maximum atomic E-state index is 13.2. The molecule has 0 amide bonds. The van der Waals surface area contributed by atoms with Gasteiger partial charge in [-0.2, -0.15) is 5.26 Å². The van der Waals surface area contributed by atoms with E-state index in [1.54, 1.807) is 18.9 Å². The van der Waals surface area contributed by atoms with Crippen LogP contribution in [-0.2, 0) is 16.1 Å². The summed E-state index contributed by atoms with van der Waals surface area (Å²) in [7, 11) is 1.57. The summed E-state index contributed by atoms with van der Waals surface area (Å²) in [6.07, 6.45) is 1.37. The van der Waals surface area contributed by atoms with Gasteiger partial charge >= 0.3 is 5.97 Å². The minimum atomic E-state index is -0.631. The smallest absolute Gasteiger partial charge is 0.338 e. The Morgan fingerprint density at radius 2 is 1.97 bits per heavy atom. The molecular formula is C27H28N4O4S. The Kier molecular flexibility index (Phi) is 7.86. The maximum Gasteiger partial charge on any atom is 0.338 e. The molecule has 9 heteroatoms. The van der Waals surface area contributed by atoms with Crippen molar-refractivity contribution >= 4 is 22.9 Å². The molecule has 186 valence electrons. The van der Waals surface area contributed by atoms with Crippen molar-refractivity contribution in [2.75, 3.05) is 13.7 Å². The molecule has 0 radical (unpaired) electrons. The number of thioether (sulfide) groups is 1. The van der Waals surface area contributed by atoms with E-state index >= 15 is 0 Å². The molecule has 0 saturated carbocycles. The fourth-order valence-corrected chi connectivity index (χ4v) is 5.05. The van der Waals surface area contributed by atoms with Crippen molar-refractivity contribution < 1.29 is 19.0 Å². The van der Waals surface area contributed by atoms with Gasteiger partial charge in [-0.05, 0) is 48.4 Å². The molecule has 2 aliphatic rings. The average molecular weight is 505 g/mol. The number of ether oxygens (including phenoxy) is 3. The lowest BCUT2D eigenvalue weighted by atomic mass is 9.92. The maximum absolute atomic E-state index is 13.2. The zero-order valence-corrected chi connectivity index (χ0v) is 21.3. The summed E-state index contributed by atoms with van der Waals surface area (Å²) in [4.78, 5) is 20.0. The third-order valence-electron chi connectivity index (χ3n) is 5.79. The van der Waals surface area contributed by atoms with Gasteiger partial charge in [0, 0.05) is 0 Å². The number of nitrogens with zero attached hydrogens (tertiary/aromatic N) is 3. The molecule has 8 nitrogen and oxygen atoms in total. The topological polar surface area (TPSA) is 110 Å². The SMILES string of the molecule is CCCC1=C(C(=O)OCC)[C@H](c2ccc(OCc3ccccc3)c(OC)c2)N2C(=N1)SC(C#N)=C2N. The van der Waals surface area contributed by atoms with Gasteiger partial charge in [-0.3, -0.25) is 4.90 Å². The lowest BCUT2D eigenvalue weighted by molar-refractivity contribution is -0.139. The van der Waals surface area contributed by atoms with E-state index in [-0.39, 0.29) is 12.4 Å². The van der Waals surface area contributed by atoms with Crippen LogP contribution in [0.1, 0.15) is 43.9 Å². The second-order valence-electron chi connectivity index (χ2n) is 8.11. The first-order valence-electron chi connectivity index (χ1n) is 11.7. The van der Waals surface area contributed by atoms with Crippen LogP contribution in [0.15, 0.2) is 75.5 Å². The Bertz CT molecular complexity index is 1280. The summed E-state index contributed by atoms with van der Waals surface area (Å²) < 4.78 is 17.1. The quantitative estimate of drug-likeness (QED) is 0.475. The van der Waals surface area contributed by atoms with Gasteiger partial charge in [-0.25, -0.2) is 9.79 Å². The second-order valence-corrected chi connectivity index (χ2v) is 9.09. The number of benzene rings is 2. The Hall–Kier alpha value is -3.90. The van der Waals surface area contributed by atoms with E-state index in [1.807, 2.05) is 55.5 Å². The number of methoxy groups -OCH3 is 1. The largest absolute Gasteiger partial charge is 0.493 e. The number of allylic oxidation sites excluding steroid dienone is 2. The lowest BCUT2D eigenvalue weighted by Gasteiger charge is -2.35. The highest BCUT2D eigenvalue weighted by molar-refractivity contribution is 8.17. The Morgan fingerprint density at radius 1 is 1.19 bits per heavy atom. The fraction of sp³-hybridized carbons (Fsp3) is 0.296. The Labute approximate surface area is 215 Å². The molecule has 4 rings (SSSR count). The van der Waals surface area contributed by atoms with Crippen LogP contribution in [0.5, 0.6) is 11.5 Å². The monoisotopic (exact) mass is 504 g/mol. The van der Waals surface area contributed by atoms with Crippen molar-refractivity contribution in [3.63, 3.8) is 0 Å². The summed E-state index contributed by atoms with van der Waals surface area (Å²) in [5.74, 6) is 0.886. The van der Waals surface area contributed by atoms with Crippen molar-refractivity contribution in [3.05, 3.63) is 81.7 Å². The van der Waals surface area contributed by atoms with Gasteiger partial charge in [0.25, 0.3) is 0 Å². The molecule has 2 N–H and O–H groups in total. The molecule has 0 saturated heterocycles. The van der Waals surface area contributed by atoms with Crippen molar-refractivity contribution in [1.29, 1.82) is 5.26 Å². The molecular weight excluding hydrogens is 476 g/mol. The predicted octanol–water partition coefficient (Wildman–Crippen LogP) is 5.00. The molecule has 0 aromatic heterocycles. The van der Waals surface area contributed by atoms with Crippen LogP contribution in [0.4, 0.5) is 0 Å². The first-order chi connectivity index (χ1) is 17.5. The number of nitrogens with two attached hydrogens (primary N) is 1. The lowest BCUT2D eigenvalue weighted by Crippen LogP contribution is -2.39. The van der Waals surface area contributed by atoms with Crippen LogP contribution in [0.3, 0.4) is 0 Å². The number of carbonyl (C=O) groups is 1. The normalized spacial score (nSPS) is 16.9. The molecule has 2 heterocycles. The van der Waals surface area contributed by atoms with E-state index in [9.17, 15) is 10.1 Å². The van der Waals surface area contributed by atoms with Crippen molar-refractivity contribution in [1.82, 2.24) is 4.90 Å². The minimum Gasteiger partial charge on any atom is -0.493 e. The fourth-order valence-electron chi connectivity index (χ4n) is 4.16. The van der Waals surface area contributed by atoms with Gasteiger partial charge in [-0.1, -0.05) is 49.7 Å². The number of aliphatic imine (C=N–C) groups is 1. The summed E-state index contributed by atoms with van der Waals surface area (Å²) in [5, 5.41) is 10.2. The van der Waals surface area contributed by atoms with Crippen LogP contribution in [0.25, 0.3) is 0 Å². The number of esters is 1. The molecule has 0 spiro atoms. The van der Waals surface area contributed by atoms with Crippen molar-refractivity contribution in [2.45, 2.75) is 39.3 Å². The number of nitriles is 1. The first-order valence-corrected chi connectivity index (χ1v) is 12.5. The summed E-state index contributed by atoms with van der Waals surface area (Å²) in [5.41, 5.74) is 9.21. The van der Waals surface area contributed by atoms with Gasteiger partial charge < -0.3 is 19.9 Å². The molecule has 0 fully saturated rings. The van der Waals surface area contributed by atoms with E-state index in [4.69, 9.17) is 24.9 Å². The molecule has 2 aromatic rings. The molecule has 0 aliphatic carbocycles. The molecule has 36 heavy (non-hydrogen) atoms. The second kappa shape index (κ2) is 11.2. The highest BCUT2D eigenvalue weighted by atomic mass is 32.2. The molecule has 0 bridgehead atoms. The molecule has 1 atom stereocenters.